The predicted molar refractivity (Wildman–Crippen MR) is 101 cm³/mol. The van der Waals surface area contributed by atoms with E-state index in [1.54, 1.807) is 0 Å². The van der Waals surface area contributed by atoms with Crippen molar-refractivity contribution in [2.24, 2.45) is 5.14 Å². The van der Waals surface area contributed by atoms with Crippen molar-refractivity contribution < 1.29 is 21.6 Å². The number of primary sulfonamides is 1. The standard InChI is InChI=1S/C18H22N2O5S2/c1-2-25-15-7-5-14(6-8-15)18-4-3-13-20(18)27(23,24)17-11-9-16(10-12-17)26(19,21)22/h5-12,18H,2-4,13H2,1H3,(H2,19,21,22). The van der Waals surface area contributed by atoms with Gasteiger partial charge >= 0.3 is 0 Å². The van der Waals surface area contributed by atoms with Crippen LogP contribution >= 0.6 is 0 Å². The Bertz CT molecular complexity index is 1000. The van der Waals surface area contributed by atoms with Crippen molar-refractivity contribution in [2.45, 2.75) is 35.6 Å². The van der Waals surface area contributed by atoms with Gasteiger partial charge in [0.1, 0.15) is 5.75 Å². The molecule has 0 amide bonds. The van der Waals surface area contributed by atoms with E-state index in [1.165, 1.54) is 28.6 Å². The highest BCUT2D eigenvalue weighted by Gasteiger charge is 2.36. The smallest absolute Gasteiger partial charge is 0.243 e. The Morgan fingerprint density at radius 3 is 2.15 bits per heavy atom. The van der Waals surface area contributed by atoms with E-state index >= 15 is 0 Å². The zero-order valence-corrected chi connectivity index (χ0v) is 16.5. The molecule has 1 aliphatic heterocycles. The van der Waals surface area contributed by atoms with Gasteiger partial charge < -0.3 is 4.74 Å². The molecule has 146 valence electrons. The molecule has 1 fully saturated rings. The Morgan fingerprint density at radius 1 is 1.00 bits per heavy atom. The van der Waals surface area contributed by atoms with E-state index in [2.05, 4.69) is 0 Å². The van der Waals surface area contributed by atoms with Gasteiger partial charge in [-0.2, -0.15) is 4.31 Å². The number of benzene rings is 2. The van der Waals surface area contributed by atoms with Crippen molar-refractivity contribution in [3.8, 4) is 5.75 Å². The number of ether oxygens (including phenoxy) is 1. The lowest BCUT2D eigenvalue weighted by atomic mass is 10.1. The summed E-state index contributed by atoms with van der Waals surface area (Å²) >= 11 is 0. The summed E-state index contributed by atoms with van der Waals surface area (Å²) in [7, 11) is -7.62. The molecule has 0 aliphatic carbocycles. The van der Waals surface area contributed by atoms with Crippen molar-refractivity contribution in [1.82, 2.24) is 4.31 Å². The Kier molecular flexibility index (Phi) is 5.57. The Balaban J connectivity index is 1.89. The van der Waals surface area contributed by atoms with E-state index < -0.39 is 20.0 Å². The minimum Gasteiger partial charge on any atom is -0.494 e. The third-order valence-electron chi connectivity index (χ3n) is 4.54. The predicted octanol–water partition coefficient (Wildman–Crippen LogP) is 2.26. The second-order valence-electron chi connectivity index (χ2n) is 6.29. The van der Waals surface area contributed by atoms with Gasteiger partial charge in [0.15, 0.2) is 0 Å². The molecule has 9 heteroatoms. The van der Waals surface area contributed by atoms with Crippen LogP contribution in [0.25, 0.3) is 0 Å². The molecule has 27 heavy (non-hydrogen) atoms. The van der Waals surface area contributed by atoms with Crippen molar-refractivity contribution in [2.75, 3.05) is 13.2 Å². The van der Waals surface area contributed by atoms with Gasteiger partial charge in [-0.15, -0.1) is 0 Å². The molecule has 1 saturated heterocycles. The van der Waals surface area contributed by atoms with Gasteiger partial charge in [0.25, 0.3) is 0 Å². The van der Waals surface area contributed by atoms with E-state index in [9.17, 15) is 16.8 Å². The Morgan fingerprint density at radius 2 is 1.59 bits per heavy atom. The molecule has 3 rings (SSSR count). The second-order valence-corrected chi connectivity index (χ2v) is 9.74. The molecule has 0 aromatic heterocycles. The number of hydrogen-bond acceptors (Lipinski definition) is 5. The first-order valence-electron chi connectivity index (χ1n) is 8.61. The van der Waals surface area contributed by atoms with Crippen LogP contribution in [0.5, 0.6) is 5.75 Å². The number of hydrogen-bond donors (Lipinski definition) is 1. The summed E-state index contributed by atoms with van der Waals surface area (Å²) in [4.78, 5) is -0.0707. The molecule has 1 heterocycles. The van der Waals surface area contributed by atoms with Gasteiger partial charge in [0.2, 0.25) is 20.0 Å². The van der Waals surface area contributed by atoms with Crippen LogP contribution in [0.3, 0.4) is 0 Å². The minimum absolute atomic E-state index is 0.0488. The maximum atomic E-state index is 13.1. The van der Waals surface area contributed by atoms with Crippen molar-refractivity contribution in [3.63, 3.8) is 0 Å². The topological polar surface area (TPSA) is 107 Å². The van der Waals surface area contributed by atoms with Gasteiger partial charge in [0, 0.05) is 6.54 Å². The summed E-state index contributed by atoms with van der Waals surface area (Å²) in [5, 5.41) is 5.07. The lowest BCUT2D eigenvalue weighted by Gasteiger charge is -2.24. The molecular formula is C18H22N2O5S2. The Hall–Kier alpha value is -1.94. The fourth-order valence-electron chi connectivity index (χ4n) is 3.25. The van der Waals surface area contributed by atoms with Crippen LogP contribution < -0.4 is 9.88 Å². The zero-order valence-electron chi connectivity index (χ0n) is 14.9. The summed E-state index contributed by atoms with van der Waals surface area (Å²) in [6, 6.07) is 12.2. The maximum absolute atomic E-state index is 13.1. The summed E-state index contributed by atoms with van der Waals surface area (Å²) in [6.45, 7) is 2.88. The van der Waals surface area contributed by atoms with Crippen molar-refractivity contribution in [3.05, 3.63) is 54.1 Å². The fraction of sp³-hybridized carbons (Fsp3) is 0.333. The molecule has 0 saturated carbocycles. The molecule has 0 bridgehead atoms. The molecule has 2 aromatic carbocycles. The maximum Gasteiger partial charge on any atom is 0.243 e. The molecule has 1 atom stereocenters. The molecule has 0 radical (unpaired) electrons. The van der Waals surface area contributed by atoms with Crippen molar-refractivity contribution in [1.29, 1.82) is 0 Å². The SMILES string of the molecule is CCOc1ccc(C2CCCN2S(=O)(=O)c2ccc(S(N)(=O)=O)cc2)cc1. The highest BCUT2D eigenvalue weighted by molar-refractivity contribution is 7.89. The molecule has 0 spiro atoms. The van der Waals surface area contributed by atoms with E-state index in [1.807, 2.05) is 31.2 Å². The van der Waals surface area contributed by atoms with Crippen LogP contribution in [0.2, 0.25) is 0 Å². The van der Waals surface area contributed by atoms with E-state index in [0.717, 1.165) is 24.2 Å². The van der Waals surface area contributed by atoms with Gasteiger partial charge in [0.05, 0.1) is 22.4 Å². The molecule has 2 N–H and O–H groups in total. The summed E-state index contributed by atoms with van der Waals surface area (Å²) in [5.74, 6) is 0.743. The summed E-state index contributed by atoms with van der Waals surface area (Å²) in [6.07, 6.45) is 1.48. The first-order valence-corrected chi connectivity index (χ1v) is 11.6. The third-order valence-corrected chi connectivity index (χ3v) is 7.39. The zero-order chi connectivity index (χ0) is 19.7. The monoisotopic (exact) mass is 410 g/mol. The Labute approximate surface area is 159 Å². The van der Waals surface area contributed by atoms with Gasteiger partial charge in [-0.25, -0.2) is 22.0 Å². The molecule has 2 aromatic rings. The molecule has 7 nitrogen and oxygen atoms in total. The highest BCUT2D eigenvalue weighted by Crippen LogP contribution is 2.37. The quantitative estimate of drug-likeness (QED) is 0.786. The molecule has 1 aliphatic rings. The van der Waals surface area contributed by atoms with Gasteiger partial charge in [-0.1, -0.05) is 12.1 Å². The van der Waals surface area contributed by atoms with Crippen LogP contribution in [0, 0.1) is 0 Å². The fourth-order valence-corrected chi connectivity index (χ4v) is 5.45. The number of sulfonamides is 2. The summed E-state index contributed by atoms with van der Waals surface area (Å²) < 4.78 is 55.8. The number of rotatable bonds is 6. The van der Waals surface area contributed by atoms with Crippen LogP contribution in [0.15, 0.2) is 58.3 Å². The average molecular weight is 411 g/mol. The van der Waals surface area contributed by atoms with E-state index in [0.29, 0.717) is 13.2 Å². The van der Waals surface area contributed by atoms with Crippen LogP contribution in [0.4, 0.5) is 0 Å². The largest absolute Gasteiger partial charge is 0.494 e. The highest BCUT2D eigenvalue weighted by atomic mass is 32.2. The number of nitrogens with zero attached hydrogens (tertiary/aromatic N) is 1. The third kappa shape index (κ3) is 4.16. The second kappa shape index (κ2) is 7.59. The first-order chi connectivity index (χ1) is 12.7. The lowest BCUT2D eigenvalue weighted by molar-refractivity contribution is 0.339. The van der Waals surface area contributed by atoms with Crippen LogP contribution in [-0.2, 0) is 20.0 Å². The normalized spacial score (nSPS) is 18.5. The number of nitrogens with two attached hydrogens (primary N) is 1. The van der Waals surface area contributed by atoms with E-state index in [-0.39, 0.29) is 15.8 Å². The summed E-state index contributed by atoms with van der Waals surface area (Å²) in [5.41, 5.74) is 0.903. The average Bonchev–Trinajstić information content (AvgIpc) is 3.13. The van der Waals surface area contributed by atoms with Gasteiger partial charge in [-0.3, -0.25) is 0 Å². The van der Waals surface area contributed by atoms with Crippen molar-refractivity contribution >= 4 is 20.0 Å². The van der Waals surface area contributed by atoms with Crippen LogP contribution in [0.1, 0.15) is 31.4 Å². The molecular weight excluding hydrogens is 388 g/mol. The van der Waals surface area contributed by atoms with Gasteiger partial charge in [-0.05, 0) is 61.7 Å². The van der Waals surface area contributed by atoms with Crippen LogP contribution in [-0.4, -0.2) is 34.3 Å². The van der Waals surface area contributed by atoms with E-state index in [4.69, 9.17) is 9.88 Å². The minimum atomic E-state index is -3.87. The first kappa shape index (κ1) is 19.8. The lowest BCUT2D eigenvalue weighted by Crippen LogP contribution is -2.30. The molecule has 1 unspecified atom stereocenters.